The number of ether oxygens (including phenoxy) is 1. The zero-order chi connectivity index (χ0) is 16.9. The lowest BCUT2D eigenvalue weighted by Gasteiger charge is -2.06. The van der Waals surface area contributed by atoms with Gasteiger partial charge in [-0.05, 0) is 41.8 Å². The fourth-order valence-corrected chi connectivity index (χ4v) is 2.67. The molecule has 4 nitrogen and oxygen atoms in total. The molecule has 1 aromatic heterocycles. The summed E-state index contributed by atoms with van der Waals surface area (Å²) in [6, 6.07) is 13.8. The smallest absolute Gasteiger partial charge is 0.224 e. The number of furan rings is 1. The first kappa shape index (κ1) is 16.1. The van der Waals surface area contributed by atoms with Crippen LogP contribution in [-0.2, 0) is 24.2 Å². The monoisotopic (exact) mass is 323 g/mol. The van der Waals surface area contributed by atoms with E-state index in [0.29, 0.717) is 13.0 Å². The van der Waals surface area contributed by atoms with Crippen LogP contribution < -0.4 is 10.1 Å². The van der Waals surface area contributed by atoms with E-state index >= 15 is 0 Å². The number of carbonyl (C=O) groups excluding carboxylic acids is 1. The summed E-state index contributed by atoms with van der Waals surface area (Å²) >= 11 is 0. The predicted molar refractivity (Wildman–Crippen MR) is 94.1 cm³/mol. The molecule has 1 N–H and O–H groups in total. The van der Waals surface area contributed by atoms with Crippen molar-refractivity contribution in [2.24, 2.45) is 0 Å². The molecule has 0 aliphatic heterocycles. The molecule has 0 fully saturated rings. The number of hydrogen-bond donors (Lipinski definition) is 1. The normalized spacial score (nSPS) is 10.8. The number of carbonyl (C=O) groups is 1. The van der Waals surface area contributed by atoms with Crippen molar-refractivity contribution in [3.8, 4) is 5.75 Å². The lowest BCUT2D eigenvalue weighted by molar-refractivity contribution is -0.120. The Balaban J connectivity index is 1.64. The quantitative estimate of drug-likeness (QED) is 0.749. The molecule has 1 amide bonds. The van der Waals surface area contributed by atoms with E-state index in [1.807, 2.05) is 30.3 Å². The van der Waals surface area contributed by atoms with Gasteiger partial charge in [-0.3, -0.25) is 4.79 Å². The number of benzene rings is 2. The van der Waals surface area contributed by atoms with Gasteiger partial charge in [-0.2, -0.15) is 0 Å². The topological polar surface area (TPSA) is 51.5 Å². The van der Waals surface area contributed by atoms with Crippen LogP contribution >= 0.6 is 0 Å². The molecule has 0 aliphatic rings. The van der Waals surface area contributed by atoms with Crippen molar-refractivity contribution in [3.05, 3.63) is 65.4 Å². The van der Waals surface area contributed by atoms with E-state index in [4.69, 9.17) is 9.15 Å². The summed E-state index contributed by atoms with van der Waals surface area (Å²) in [5, 5.41) is 3.97. The summed E-state index contributed by atoms with van der Waals surface area (Å²) in [4.78, 5) is 12.2. The molecule has 0 saturated carbocycles. The molecule has 24 heavy (non-hydrogen) atoms. The Morgan fingerprint density at radius 3 is 2.58 bits per heavy atom. The Hall–Kier alpha value is -2.75. The van der Waals surface area contributed by atoms with Crippen molar-refractivity contribution in [1.82, 2.24) is 5.32 Å². The van der Waals surface area contributed by atoms with Crippen LogP contribution in [-0.4, -0.2) is 13.0 Å². The number of hydrogen-bond acceptors (Lipinski definition) is 3. The van der Waals surface area contributed by atoms with Crippen LogP contribution in [0.5, 0.6) is 5.75 Å². The van der Waals surface area contributed by atoms with Gasteiger partial charge in [0.1, 0.15) is 11.3 Å². The van der Waals surface area contributed by atoms with E-state index in [1.165, 1.54) is 5.56 Å². The summed E-state index contributed by atoms with van der Waals surface area (Å²) in [5.41, 5.74) is 4.02. The highest BCUT2D eigenvalue weighted by molar-refractivity contribution is 5.88. The van der Waals surface area contributed by atoms with Gasteiger partial charge in [0, 0.05) is 17.5 Å². The maximum atomic E-state index is 12.2. The van der Waals surface area contributed by atoms with Gasteiger partial charge in [0.2, 0.25) is 5.91 Å². The summed E-state index contributed by atoms with van der Waals surface area (Å²) in [7, 11) is 1.63. The van der Waals surface area contributed by atoms with E-state index in [2.05, 4.69) is 24.4 Å². The molecule has 1 heterocycles. The number of aryl methyl sites for hydroxylation is 1. The fourth-order valence-electron chi connectivity index (χ4n) is 2.67. The molecule has 0 unspecified atom stereocenters. The molecule has 4 heteroatoms. The Bertz CT molecular complexity index is 834. The minimum atomic E-state index is -0.0181. The van der Waals surface area contributed by atoms with Gasteiger partial charge in [-0.15, -0.1) is 0 Å². The second kappa shape index (κ2) is 7.21. The average molecular weight is 323 g/mol. The van der Waals surface area contributed by atoms with E-state index in [9.17, 15) is 4.79 Å². The molecule has 124 valence electrons. The number of rotatable bonds is 6. The van der Waals surface area contributed by atoms with Crippen LogP contribution in [0.25, 0.3) is 11.0 Å². The van der Waals surface area contributed by atoms with Crippen molar-refractivity contribution < 1.29 is 13.9 Å². The third-order valence-corrected chi connectivity index (χ3v) is 4.13. The zero-order valence-electron chi connectivity index (χ0n) is 14.0. The first-order chi connectivity index (χ1) is 11.7. The Labute approximate surface area is 141 Å². The Morgan fingerprint density at radius 2 is 1.88 bits per heavy atom. The van der Waals surface area contributed by atoms with Crippen LogP contribution in [0.4, 0.5) is 0 Å². The molecule has 0 spiro atoms. The van der Waals surface area contributed by atoms with Crippen molar-refractivity contribution >= 4 is 16.9 Å². The van der Waals surface area contributed by atoms with E-state index in [-0.39, 0.29) is 5.91 Å². The van der Waals surface area contributed by atoms with Gasteiger partial charge in [-0.1, -0.05) is 25.1 Å². The van der Waals surface area contributed by atoms with Crippen molar-refractivity contribution in [1.29, 1.82) is 0 Å². The molecule has 0 bridgehead atoms. The lowest BCUT2D eigenvalue weighted by Crippen LogP contribution is -2.24. The van der Waals surface area contributed by atoms with Gasteiger partial charge >= 0.3 is 0 Å². The van der Waals surface area contributed by atoms with Crippen LogP contribution in [0.1, 0.15) is 23.6 Å². The molecular weight excluding hydrogens is 302 g/mol. The van der Waals surface area contributed by atoms with Crippen LogP contribution in [0.15, 0.2) is 53.1 Å². The van der Waals surface area contributed by atoms with Gasteiger partial charge < -0.3 is 14.5 Å². The molecule has 0 saturated heterocycles. The fraction of sp³-hybridized carbons (Fsp3) is 0.250. The first-order valence-corrected chi connectivity index (χ1v) is 8.08. The molecule has 3 aromatic rings. The van der Waals surface area contributed by atoms with E-state index in [1.54, 1.807) is 13.4 Å². The summed E-state index contributed by atoms with van der Waals surface area (Å²) in [6.45, 7) is 2.61. The van der Waals surface area contributed by atoms with Crippen LogP contribution in [0.3, 0.4) is 0 Å². The summed E-state index contributed by atoms with van der Waals surface area (Å²) in [6.07, 6.45) is 2.96. The minimum absolute atomic E-state index is 0.0181. The lowest BCUT2D eigenvalue weighted by atomic mass is 10.1. The van der Waals surface area contributed by atoms with Crippen molar-refractivity contribution in [2.45, 2.75) is 26.3 Å². The third kappa shape index (κ3) is 3.59. The number of nitrogens with one attached hydrogen (secondary N) is 1. The highest BCUT2D eigenvalue weighted by Gasteiger charge is 2.11. The molecule has 0 aliphatic carbocycles. The Morgan fingerprint density at radius 1 is 1.12 bits per heavy atom. The van der Waals surface area contributed by atoms with Gasteiger partial charge in [0.05, 0.1) is 19.8 Å². The van der Waals surface area contributed by atoms with Crippen molar-refractivity contribution in [2.75, 3.05) is 7.11 Å². The SMILES string of the molecule is CCc1ccc2occ(CC(=O)NCc3ccc(OC)cc3)c2c1. The van der Waals surface area contributed by atoms with Gasteiger partial charge in [0.25, 0.3) is 0 Å². The number of fused-ring (bicyclic) bond motifs is 1. The highest BCUT2D eigenvalue weighted by Crippen LogP contribution is 2.23. The second-order valence-electron chi connectivity index (χ2n) is 5.75. The highest BCUT2D eigenvalue weighted by atomic mass is 16.5. The minimum Gasteiger partial charge on any atom is -0.497 e. The van der Waals surface area contributed by atoms with Gasteiger partial charge in [0.15, 0.2) is 0 Å². The van der Waals surface area contributed by atoms with Gasteiger partial charge in [-0.25, -0.2) is 0 Å². The first-order valence-electron chi connectivity index (χ1n) is 8.08. The Kier molecular flexibility index (Phi) is 4.85. The number of methoxy groups -OCH3 is 1. The molecule has 3 rings (SSSR count). The van der Waals surface area contributed by atoms with E-state index < -0.39 is 0 Å². The molecule has 0 radical (unpaired) electrons. The van der Waals surface area contributed by atoms with Crippen LogP contribution in [0, 0.1) is 0 Å². The standard InChI is InChI=1S/C20H21NO3/c1-3-14-6-9-19-18(10-14)16(13-24-19)11-20(22)21-12-15-4-7-17(23-2)8-5-15/h4-10,13H,3,11-12H2,1-2H3,(H,21,22). The largest absolute Gasteiger partial charge is 0.497 e. The second-order valence-corrected chi connectivity index (χ2v) is 5.75. The summed E-state index contributed by atoms with van der Waals surface area (Å²) < 4.78 is 10.7. The molecule has 0 atom stereocenters. The maximum Gasteiger partial charge on any atom is 0.224 e. The number of amides is 1. The average Bonchev–Trinajstić information content (AvgIpc) is 3.02. The summed E-state index contributed by atoms with van der Waals surface area (Å²) in [5.74, 6) is 0.789. The third-order valence-electron chi connectivity index (χ3n) is 4.13. The molecular formula is C20H21NO3. The van der Waals surface area contributed by atoms with Crippen molar-refractivity contribution in [3.63, 3.8) is 0 Å². The van der Waals surface area contributed by atoms with E-state index in [0.717, 1.165) is 34.3 Å². The maximum absolute atomic E-state index is 12.2. The zero-order valence-corrected chi connectivity index (χ0v) is 14.0. The molecule has 2 aromatic carbocycles. The van der Waals surface area contributed by atoms with Crippen LogP contribution in [0.2, 0.25) is 0 Å². The predicted octanol–water partition coefficient (Wildman–Crippen LogP) is 3.86.